The molecular formula is C22H22N6O2. The number of nitrogens with zero attached hydrogens (tertiary/aromatic N) is 5. The predicted molar refractivity (Wildman–Crippen MR) is 112 cm³/mol. The molecule has 0 saturated carbocycles. The molecule has 1 N–H and O–H groups in total. The summed E-state index contributed by atoms with van der Waals surface area (Å²) in [5.41, 5.74) is 4.26. The maximum atomic E-state index is 12.9. The zero-order valence-corrected chi connectivity index (χ0v) is 17.0. The van der Waals surface area contributed by atoms with Gasteiger partial charge < -0.3 is 9.80 Å². The van der Waals surface area contributed by atoms with Crippen LogP contribution >= 0.6 is 0 Å². The van der Waals surface area contributed by atoms with Crippen LogP contribution in [-0.4, -0.2) is 44.7 Å². The van der Waals surface area contributed by atoms with Crippen molar-refractivity contribution < 1.29 is 9.59 Å². The summed E-state index contributed by atoms with van der Waals surface area (Å²) in [6.07, 6.45) is -0.517. The lowest BCUT2D eigenvalue weighted by molar-refractivity contribution is -0.124. The lowest BCUT2D eigenvalue weighted by Gasteiger charge is -2.37. The Morgan fingerprint density at radius 2 is 1.73 bits per heavy atom. The summed E-state index contributed by atoms with van der Waals surface area (Å²) in [6.45, 7) is 4.56. The van der Waals surface area contributed by atoms with E-state index in [-0.39, 0.29) is 5.91 Å². The van der Waals surface area contributed by atoms with Gasteiger partial charge >= 0.3 is 6.03 Å². The van der Waals surface area contributed by atoms with E-state index in [4.69, 9.17) is 0 Å². The molecule has 8 nitrogen and oxygen atoms in total. The van der Waals surface area contributed by atoms with E-state index in [0.717, 1.165) is 22.3 Å². The monoisotopic (exact) mass is 402 g/mol. The number of fused-ring (bicyclic) bond motifs is 3. The normalized spacial score (nSPS) is 20.2. The molecule has 3 aromatic rings. The second-order valence-corrected chi connectivity index (χ2v) is 7.88. The molecule has 1 aromatic heterocycles. The fourth-order valence-corrected chi connectivity index (χ4v) is 4.24. The second kappa shape index (κ2) is 6.69. The summed E-state index contributed by atoms with van der Waals surface area (Å²) in [6, 6.07) is 15.0. The first-order valence-corrected chi connectivity index (χ1v) is 9.86. The van der Waals surface area contributed by atoms with Crippen molar-refractivity contribution in [1.82, 2.24) is 25.0 Å². The predicted octanol–water partition coefficient (Wildman–Crippen LogP) is 2.63. The molecule has 1 saturated heterocycles. The zero-order valence-electron chi connectivity index (χ0n) is 17.0. The Hall–Kier alpha value is -3.68. The summed E-state index contributed by atoms with van der Waals surface area (Å²) in [7, 11) is 1.69. The molecule has 0 radical (unpaired) electrons. The number of aryl methyl sites for hydroxylation is 2. The van der Waals surface area contributed by atoms with Gasteiger partial charge in [0.15, 0.2) is 11.9 Å². The Labute approximate surface area is 174 Å². The van der Waals surface area contributed by atoms with Crippen molar-refractivity contribution in [3.8, 4) is 11.4 Å². The SMILES string of the molecule is Cc1ccc(-c2nnc3n2C2C(C(=O)NC(=O)N2C)N3Cc2ccccc2C)cc1. The van der Waals surface area contributed by atoms with Crippen LogP contribution in [0.1, 0.15) is 22.9 Å². The quantitative estimate of drug-likeness (QED) is 0.728. The van der Waals surface area contributed by atoms with Gasteiger partial charge in [-0.05, 0) is 25.0 Å². The molecule has 3 amide bonds. The highest BCUT2D eigenvalue weighted by Crippen LogP contribution is 2.41. The molecule has 2 aliphatic heterocycles. The third kappa shape index (κ3) is 2.67. The van der Waals surface area contributed by atoms with Crippen LogP contribution in [0.15, 0.2) is 48.5 Å². The number of carbonyl (C=O) groups is 2. The van der Waals surface area contributed by atoms with Crippen LogP contribution in [0, 0.1) is 13.8 Å². The van der Waals surface area contributed by atoms with Crippen molar-refractivity contribution >= 4 is 17.9 Å². The highest BCUT2D eigenvalue weighted by atomic mass is 16.2. The third-order valence-corrected chi connectivity index (χ3v) is 5.95. The van der Waals surface area contributed by atoms with Crippen molar-refractivity contribution in [1.29, 1.82) is 0 Å². The van der Waals surface area contributed by atoms with E-state index in [0.29, 0.717) is 18.3 Å². The molecule has 30 heavy (non-hydrogen) atoms. The number of hydrogen-bond acceptors (Lipinski definition) is 5. The number of amides is 3. The van der Waals surface area contributed by atoms with Gasteiger partial charge in [0.05, 0.1) is 0 Å². The number of nitrogens with one attached hydrogen (secondary N) is 1. The molecule has 152 valence electrons. The van der Waals surface area contributed by atoms with Gasteiger partial charge in [0.2, 0.25) is 5.95 Å². The standard InChI is InChI=1S/C22H22N6O2/c1-13-8-10-15(11-9-13)18-24-25-21-27(12-16-7-5-4-6-14(16)2)17-19(29)23-22(30)26(3)20(17)28(18)21/h4-11,17,20H,12H2,1-3H3,(H,23,29,30). The molecule has 1 fully saturated rings. The van der Waals surface area contributed by atoms with Crippen LogP contribution in [-0.2, 0) is 11.3 Å². The molecule has 2 unspecified atom stereocenters. The van der Waals surface area contributed by atoms with Gasteiger partial charge in [0.25, 0.3) is 5.91 Å². The van der Waals surface area contributed by atoms with Crippen LogP contribution in [0.5, 0.6) is 0 Å². The topological polar surface area (TPSA) is 83.4 Å². The average Bonchev–Trinajstić information content (AvgIpc) is 3.28. The van der Waals surface area contributed by atoms with Crippen molar-refractivity contribution in [2.24, 2.45) is 0 Å². The van der Waals surface area contributed by atoms with Crippen molar-refractivity contribution in [2.75, 3.05) is 11.9 Å². The molecule has 5 rings (SSSR count). The van der Waals surface area contributed by atoms with E-state index in [1.54, 1.807) is 11.9 Å². The van der Waals surface area contributed by atoms with Gasteiger partial charge in [-0.1, -0.05) is 54.1 Å². The van der Waals surface area contributed by atoms with E-state index < -0.39 is 18.2 Å². The Kier molecular flexibility index (Phi) is 4.09. The van der Waals surface area contributed by atoms with Gasteiger partial charge in [0, 0.05) is 19.2 Å². The van der Waals surface area contributed by atoms with E-state index in [2.05, 4.69) is 15.5 Å². The summed E-state index contributed by atoms with van der Waals surface area (Å²) in [4.78, 5) is 28.8. The maximum Gasteiger partial charge on any atom is 0.325 e. The fraction of sp³-hybridized carbons (Fsp3) is 0.273. The molecule has 3 heterocycles. The molecule has 2 aliphatic rings. The molecular weight excluding hydrogens is 380 g/mol. The van der Waals surface area contributed by atoms with Crippen molar-refractivity contribution in [3.05, 3.63) is 65.2 Å². The summed E-state index contributed by atoms with van der Waals surface area (Å²) in [5, 5.41) is 11.3. The average molecular weight is 402 g/mol. The smallest absolute Gasteiger partial charge is 0.321 e. The number of imide groups is 1. The Morgan fingerprint density at radius 3 is 2.47 bits per heavy atom. The van der Waals surface area contributed by atoms with Crippen LogP contribution < -0.4 is 10.2 Å². The van der Waals surface area contributed by atoms with Gasteiger partial charge in [-0.25, -0.2) is 4.79 Å². The second-order valence-electron chi connectivity index (χ2n) is 7.88. The number of hydrogen-bond donors (Lipinski definition) is 1. The summed E-state index contributed by atoms with van der Waals surface area (Å²) in [5.74, 6) is 0.902. The number of benzene rings is 2. The number of aromatic nitrogens is 3. The van der Waals surface area contributed by atoms with E-state index >= 15 is 0 Å². The van der Waals surface area contributed by atoms with Crippen LogP contribution in [0.3, 0.4) is 0 Å². The first kappa shape index (κ1) is 18.4. The number of anilines is 1. The van der Waals surface area contributed by atoms with E-state index in [9.17, 15) is 9.59 Å². The molecule has 2 aromatic carbocycles. The lowest BCUT2D eigenvalue weighted by atomic mass is 10.1. The van der Waals surface area contributed by atoms with E-state index in [1.807, 2.05) is 71.8 Å². The number of rotatable bonds is 3. The minimum Gasteiger partial charge on any atom is -0.321 e. The van der Waals surface area contributed by atoms with E-state index in [1.165, 1.54) is 0 Å². The highest BCUT2D eigenvalue weighted by Gasteiger charge is 2.52. The van der Waals surface area contributed by atoms with Crippen LogP contribution in [0.2, 0.25) is 0 Å². The first-order chi connectivity index (χ1) is 14.5. The zero-order chi connectivity index (χ0) is 21.0. The largest absolute Gasteiger partial charge is 0.325 e. The molecule has 0 spiro atoms. The van der Waals surface area contributed by atoms with Gasteiger partial charge in [-0.15, -0.1) is 10.2 Å². The minimum absolute atomic E-state index is 0.322. The lowest BCUT2D eigenvalue weighted by Crippen LogP contribution is -2.61. The van der Waals surface area contributed by atoms with Crippen LogP contribution in [0.4, 0.5) is 10.7 Å². The van der Waals surface area contributed by atoms with Gasteiger partial charge in [-0.3, -0.25) is 14.7 Å². The van der Waals surface area contributed by atoms with Gasteiger partial charge in [-0.2, -0.15) is 0 Å². The molecule has 0 aliphatic carbocycles. The first-order valence-electron chi connectivity index (χ1n) is 9.86. The van der Waals surface area contributed by atoms with Crippen molar-refractivity contribution in [3.63, 3.8) is 0 Å². The summed E-state index contributed by atoms with van der Waals surface area (Å²) >= 11 is 0. The molecule has 0 bridgehead atoms. The minimum atomic E-state index is -0.581. The Balaban J connectivity index is 1.65. The third-order valence-electron chi connectivity index (χ3n) is 5.95. The van der Waals surface area contributed by atoms with Gasteiger partial charge in [0.1, 0.15) is 6.17 Å². The fourth-order valence-electron chi connectivity index (χ4n) is 4.24. The molecule has 8 heteroatoms. The maximum absolute atomic E-state index is 12.9. The number of likely N-dealkylation sites (N-methyl/N-ethyl adjacent to an activating group) is 1. The Bertz CT molecular complexity index is 1150. The van der Waals surface area contributed by atoms with Crippen LogP contribution in [0.25, 0.3) is 11.4 Å². The Morgan fingerprint density at radius 1 is 1.00 bits per heavy atom. The van der Waals surface area contributed by atoms with Crippen molar-refractivity contribution in [2.45, 2.75) is 32.6 Å². The number of carbonyl (C=O) groups excluding carboxylic acids is 2. The summed E-state index contributed by atoms with van der Waals surface area (Å²) < 4.78 is 1.91. The highest BCUT2D eigenvalue weighted by molar-refractivity contribution is 6.02. The number of urea groups is 1. The molecule has 2 atom stereocenters.